The van der Waals surface area contributed by atoms with Gasteiger partial charge in [0.05, 0.1) is 10.9 Å². The molecule has 0 saturated heterocycles. The van der Waals surface area contributed by atoms with E-state index in [-0.39, 0.29) is 11.2 Å². The Kier molecular flexibility index (Phi) is 7.10. The monoisotopic (exact) mass is 458 g/mol. The number of nitrogens with zero attached hydrogens (tertiary/aromatic N) is 3. The summed E-state index contributed by atoms with van der Waals surface area (Å²) in [6.45, 7) is 6.33. The third-order valence-corrected chi connectivity index (χ3v) is 6.22. The van der Waals surface area contributed by atoms with Crippen LogP contribution in [0, 0.1) is 13.8 Å². The summed E-state index contributed by atoms with van der Waals surface area (Å²) < 4.78 is 7.80. The molecule has 0 spiro atoms. The number of carbonyl (C=O) groups excluding carboxylic acids is 1. The first-order valence-electron chi connectivity index (χ1n) is 10.7. The molecule has 0 aliphatic heterocycles. The zero-order valence-corrected chi connectivity index (χ0v) is 19.7. The quantitative estimate of drug-likeness (QED) is 0.349. The average Bonchev–Trinajstić information content (AvgIpc) is 3.19. The van der Waals surface area contributed by atoms with Crippen molar-refractivity contribution in [2.75, 3.05) is 5.32 Å². The summed E-state index contributed by atoms with van der Waals surface area (Å²) in [5.74, 6) is 1.43. The number of amides is 1. The predicted octanol–water partition coefficient (Wildman–Crippen LogP) is 5.58. The topological polar surface area (TPSA) is 69.0 Å². The fourth-order valence-electron chi connectivity index (χ4n) is 3.34. The van der Waals surface area contributed by atoms with E-state index in [0.717, 1.165) is 34.1 Å². The molecule has 0 aliphatic rings. The van der Waals surface area contributed by atoms with E-state index < -0.39 is 0 Å². The minimum absolute atomic E-state index is 0.102. The molecule has 7 heteroatoms. The van der Waals surface area contributed by atoms with Crippen molar-refractivity contribution in [1.29, 1.82) is 0 Å². The SMILES string of the molecule is Cc1ccccc1-n1c(C)nnc1SC(C)C(=O)Nc1ccc(OCc2ccccc2)cc1. The summed E-state index contributed by atoms with van der Waals surface area (Å²) in [6.07, 6.45) is 0. The molecule has 0 saturated carbocycles. The molecule has 1 amide bonds. The van der Waals surface area contributed by atoms with Gasteiger partial charge in [-0.25, -0.2) is 0 Å². The lowest BCUT2D eigenvalue weighted by molar-refractivity contribution is -0.115. The van der Waals surface area contributed by atoms with Gasteiger partial charge in [0.1, 0.15) is 18.2 Å². The maximum atomic E-state index is 12.8. The molecule has 0 radical (unpaired) electrons. The Labute approximate surface area is 198 Å². The van der Waals surface area contributed by atoms with Gasteiger partial charge in [-0.2, -0.15) is 0 Å². The van der Waals surface area contributed by atoms with Crippen LogP contribution in [0.25, 0.3) is 5.69 Å². The predicted molar refractivity (Wildman–Crippen MR) is 132 cm³/mol. The van der Waals surface area contributed by atoms with E-state index >= 15 is 0 Å². The second-order valence-electron chi connectivity index (χ2n) is 7.70. The summed E-state index contributed by atoms with van der Waals surface area (Å²) in [5.41, 5.74) is 3.96. The lowest BCUT2D eigenvalue weighted by Gasteiger charge is -2.14. The Morgan fingerprint density at radius 2 is 1.67 bits per heavy atom. The summed E-state index contributed by atoms with van der Waals surface area (Å²) in [4.78, 5) is 12.8. The van der Waals surface area contributed by atoms with Crippen LogP contribution in [0.1, 0.15) is 23.9 Å². The smallest absolute Gasteiger partial charge is 0.237 e. The molecule has 0 aliphatic carbocycles. The molecule has 33 heavy (non-hydrogen) atoms. The van der Waals surface area contributed by atoms with Gasteiger partial charge in [-0.15, -0.1) is 10.2 Å². The Bertz CT molecular complexity index is 1220. The van der Waals surface area contributed by atoms with E-state index in [1.54, 1.807) is 0 Å². The Morgan fingerprint density at radius 1 is 0.970 bits per heavy atom. The van der Waals surface area contributed by atoms with Crippen molar-refractivity contribution in [3.05, 3.63) is 95.8 Å². The maximum Gasteiger partial charge on any atom is 0.237 e. The highest BCUT2D eigenvalue weighted by Crippen LogP contribution is 2.28. The van der Waals surface area contributed by atoms with Gasteiger partial charge in [0.2, 0.25) is 5.91 Å². The number of aryl methyl sites for hydroxylation is 2. The number of aromatic nitrogens is 3. The highest BCUT2D eigenvalue weighted by Gasteiger charge is 2.20. The molecule has 4 rings (SSSR count). The zero-order chi connectivity index (χ0) is 23.2. The van der Waals surface area contributed by atoms with E-state index in [2.05, 4.69) is 15.5 Å². The standard InChI is InChI=1S/C26H26N4O2S/c1-18-9-7-8-12-24(18)30-20(3)28-29-26(30)33-19(2)25(31)27-22-13-15-23(16-14-22)32-17-21-10-5-4-6-11-21/h4-16,19H,17H2,1-3H3,(H,27,31). The van der Waals surface area contributed by atoms with Crippen LogP contribution in [0.3, 0.4) is 0 Å². The van der Waals surface area contributed by atoms with Crippen LogP contribution < -0.4 is 10.1 Å². The van der Waals surface area contributed by atoms with Gasteiger partial charge in [0.25, 0.3) is 0 Å². The van der Waals surface area contributed by atoms with Crippen molar-refractivity contribution >= 4 is 23.4 Å². The first-order valence-corrected chi connectivity index (χ1v) is 11.6. The van der Waals surface area contributed by atoms with Gasteiger partial charge >= 0.3 is 0 Å². The molecule has 1 unspecified atom stereocenters. The highest BCUT2D eigenvalue weighted by molar-refractivity contribution is 8.00. The number of carbonyl (C=O) groups is 1. The number of nitrogens with one attached hydrogen (secondary N) is 1. The van der Waals surface area contributed by atoms with Crippen LogP contribution in [0.4, 0.5) is 5.69 Å². The van der Waals surface area contributed by atoms with Crippen molar-refractivity contribution in [2.24, 2.45) is 0 Å². The first-order chi connectivity index (χ1) is 16.0. The molecule has 1 N–H and O–H groups in total. The highest BCUT2D eigenvalue weighted by atomic mass is 32.2. The maximum absolute atomic E-state index is 12.8. The molecule has 3 aromatic carbocycles. The van der Waals surface area contributed by atoms with Crippen LogP contribution >= 0.6 is 11.8 Å². The van der Waals surface area contributed by atoms with E-state index in [4.69, 9.17) is 4.74 Å². The van der Waals surface area contributed by atoms with E-state index in [1.807, 2.05) is 104 Å². The van der Waals surface area contributed by atoms with E-state index in [1.165, 1.54) is 11.8 Å². The molecule has 168 valence electrons. The second kappa shape index (κ2) is 10.4. The van der Waals surface area contributed by atoms with Gasteiger partial charge in [-0.05, 0) is 62.2 Å². The van der Waals surface area contributed by atoms with Gasteiger partial charge in [0.15, 0.2) is 5.16 Å². The first kappa shape index (κ1) is 22.6. The summed E-state index contributed by atoms with van der Waals surface area (Å²) >= 11 is 1.38. The molecule has 0 fully saturated rings. The molecule has 6 nitrogen and oxygen atoms in total. The largest absolute Gasteiger partial charge is 0.489 e. The molecule has 0 bridgehead atoms. The average molecular weight is 459 g/mol. The Balaban J connectivity index is 1.37. The van der Waals surface area contributed by atoms with Crippen LogP contribution in [-0.4, -0.2) is 25.9 Å². The van der Waals surface area contributed by atoms with Crippen molar-refractivity contribution in [3.63, 3.8) is 0 Å². The van der Waals surface area contributed by atoms with E-state index in [9.17, 15) is 4.79 Å². The minimum atomic E-state index is -0.356. The number of hydrogen-bond donors (Lipinski definition) is 1. The zero-order valence-electron chi connectivity index (χ0n) is 18.9. The van der Waals surface area contributed by atoms with Gasteiger partial charge < -0.3 is 10.1 Å². The summed E-state index contributed by atoms with van der Waals surface area (Å²) in [5, 5.41) is 11.8. The number of rotatable bonds is 8. The fraction of sp³-hybridized carbons (Fsp3) is 0.192. The Morgan fingerprint density at radius 3 is 2.39 bits per heavy atom. The van der Waals surface area contributed by atoms with Crippen molar-refractivity contribution in [2.45, 2.75) is 37.8 Å². The summed E-state index contributed by atoms with van der Waals surface area (Å²) in [6, 6.07) is 25.5. The molecule has 1 aromatic heterocycles. The number of benzene rings is 3. The normalized spacial score (nSPS) is 11.7. The van der Waals surface area contributed by atoms with Crippen molar-refractivity contribution < 1.29 is 9.53 Å². The van der Waals surface area contributed by atoms with E-state index in [0.29, 0.717) is 11.8 Å². The number of ether oxygens (including phenoxy) is 1. The van der Waals surface area contributed by atoms with Crippen LogP contribution in [-0.2, 0) is 11.4 Å². The molecular formula is C26H26N4O2S. The number of thioether (sulfide) groups is 1. The molecule has 4 aromatic rings. The minimum Gasteiger partial charge on any atom is -0.489 e. The lowest BCUT2D eigenvalue weighted by atomic mass is 10.2. The second-order valence-corrected chi connectivity index (χ2v) is 9.01. The van der Waals surface area contributed by atoms with Crippen LogP contribution in [0.15, 0.2) is 84.0 Å². The van der Waals surface area contributed by atoms with Crippen LogP contribution in [0.2, 0.25) is 0 Å². The number of para-hydroxylation sites is 1. The number of hydrogen-bond acceptors (Lipinski definition) is 5. The van der Waals surface area contributed by atoms with Gasteiger partial charge in [0, 0.05) is 5.69 Å². The van der Waals surface area contributed by atoms with Crippen molar-refractivity contribution in [3.8, 4) is 11.4 Å². The molecule has 1 heterocycles. The molecule has 1 atom stereocenters. The third kappa shape index (κ3) is 5.62. The summed E-state index contributed by atoms with van der Waals surface area (Å²) in [7, 11) is 0. The third-order valence-electron chi connectivity index (χ3n) is 5.17. The van der Waals surface area contributed by atoms with Crippen molar-refractivity contribution in [1.82, 2.24) is 14.8 Å². The number of anilines is 1. The Hall–Kier alpha value is -3.58. The molecular weight excluding hydrogens is 432 g/mol. The van der Waals surface area contributed by atoms with Crippen LogP contribution in [0.5, 0.6) is 5.75 Å². The fourth-order valence-corrected chi connectivity index (χ4v) is 4.25. The lowest BCUT2D eigenvalue weighted by Crippen LogP contribution is -2.23. The van der Waals surface area contributed by atoms with Gasteiger partial charge in [-0.3, -0.25) is 9.36 Å². The van der Waals surface area contributed by atoms with Gasteiger partial charge in [-0.1, -0.05) is 60.3 Å².